The fraction of sp³-hybridized carbons (Fsp3) is 0.389. The number of benzene rings is 1. The Kier molecular flexibility index (Phi) is 3.79. The summed E-state index contributed by atoms with van der Waals surface area (Å²) in [7, 11) is 0. The number of carbonyl (C=O) groups is 3. The van der Waals surface area contributed by atoms with Crippen molar-refractivity contribution >= 4 is 39.3 Å². The molecular weight excluding hydrogens is 372 g/mol. The molecule has 3 aliphatic rings. The molecule has 3 amide bonds. The van der Waals surface area contributed by atoms with Crippen LogP contribution in [0.15, 0.2) is 40.9 Å². The van der Waals surface area contributed by atoms with Gasteiger partial charge in [-0.3, -0.25) is 19.3 Å². The molecule has 5 nitrogen and oxygen atoms in total. The predicted octanol–water partition coefficient (Wildman–Crippen LogP) is 2.58. The molecule has 4 rings (SSSR count). The molecule has 2 fully saturated rings. The maximum atomic E-state index is 12.5. The quantitative estimate of drug-likeness (QED) is 0.636. The van der Waals surface area contributed by atoms with Gasteiger partial charge in [0, 0.05) is 23.1 Å². The number of allylic oxidation sites excluding steroid dienone is 2. The first-order chi connectivity index (χ1) is 11.5. The van der Waals surface area contributed by atoms with Gasteiger partial charge in [0.1, 0.15) is 0 Å². The number of nitrogens with zero attached hydrogens (tertiary/aromatic N) is 1. The van der Waals surface area contributed by atoms with Crippen molar-refractivity contribution in [2.24, 2.45) is 23.7 Å². The average molecular weight is 389 g/mol. The summed E-state index contributed by atoms with van der Waals surface area (Å²) in [6, 6.07) is 7.27. The second-order valence-corrected chi connectivity index (χ2v) is 7.55. The van der Waals surface area contributed by atoms with E-state index in [4.69, 9.17) is 0 Å². The van der Waals surface area contributed by atoms with Crippen molar-refractivity contribution in [3.05, 3.63) is 40.9 Å². The number of hydrogen-bond acceptors (Lipinski definition) is 3. The van der Waals surface area contributed by atoms with Gasteiger partial charge in [0.05, 0.1) is 11.8 Å². The third kappa shape index (κ3) is 2.49. The summed E-state index contributed by atoms with van der Waals surface area (Å²) < 4.78 is 0.934. The van der Waals surface area contributed by atoms with Gasteiger partial charge in [-0.2, -0.15) is 0 Å². The highest BCUT2D eigenvalue weighted by atomic mass is 79.9. The van der Waals surface area contributed by atoms with Gasteiger partial charge >= 0.3 is 0 Å². The molecule has 0 spiro atoms. The molecule has 0 aromatic heterocycles. The first-order valence-corrected chi connectivity index (χ1v) is 8.93. The number of rotatable bonds is 4. The fourth-order valence-corrected chi connectivity index (χ4v) is 4.42. The number of imide groups is 1. The number of fused-ring (bicyclic) bond motifs is 5. The minimum absolute atomic E-state index is 0.0988. The van der Waals surface area contributed by atoms with Crippen LogP contribution in [0.3, 0.4) is 0 Å². The van der Waals surface area contributed by atoms with Crippen molar-refractivity contribution in [2.45, 2.75) is 12.8 Å². The lowest BCUT2D eigenvalue weighted by atomic mass is 9.85. The summed E-state index contributed by atoms with van der Waals surface area (Å²) in [5, 5.41) is 2.78. The Bertz CT molecular complexity index is 713. The summed E-state index contributed by atoms with van der Waals surface area (Å²) in [6.07, 6.45) is 5.18. The fourth-order valence-electron chi connectivity index (χ4n) is 4.15. The minimum Gasteiger partial charge on any atom is -0.326 e. The molecule has 0 radical (unpaired) electrons. The van der Waals surface area contributed by atoms with E-state index in [9.17, 15) is 14.4 Å². The Hall–Kier alpha value is -1.95. The highest BCUT2D eigenvalue weighted by Gasteiger charge is 2.58. The average Bonchev–Trinajstić information content (AvgIpc) is 3.23. The minimum atomic E-state index is -0.198. The Morgan fingerprint density at radius 1 is 1.08 bits per heavy atom. The van der Waals surface area contributed by atoms with Gasteiger partial charge in [0.2, 0.25) is 17.7 Å². The molecule has 1 saturated heterocycles. The monoisotopic (exact) mass is 388 g/mol. The maximum absolute atomic E-state index is 12.5. The highest BCUT2D eigenvalue weighted by molar-refractivity contribution is 9.10. The standard InChI is InChI=1S/C18H17BrN2O3/c19-12-3-5-13(6-4-12)20-14(22)7-8-21-17(23)15-10-1-2-11(9-10)16(15)18(21)24/h1-6,10-11,15-16H,7-9H2,(H,20,22)/t10-,11-,15-,16-/m0/s1. The summed E-state index contributed by atoms with van der Waals surface area (Å²) in [6.45, 7) is 0.159. The van der Waals surface area contributed by atoms with Crippen LogP contribution >= 0.6 is 15.9 Å². The van der Waals surface area contributed by atoms with E-state index in [0.29, 0.717) is 5.69 Å². The first kappa shape index (κ1) is 15.6. The van der Waals surface area contributed by atoms with Crippen molar-refractivity contribution in [1.29, 1.82) is 0 Å². The molecule has 1 N–H and O–H groups in total. The van der Waals surface area contributed by atoms with E-state index >= 15 is 0 Å². The molecule has 6 heteroatoms. The van der Waals surface area contributed by atoms with E-state index in [1.165, 1.54) is 4.90 Å². The lowest BCUT2D eigenvalue weighted by Crippen LogP contribution is -2.35. The van der Waals surface area contributed by atoms with Gasteiger partial charge in [-0.1, -0.05) is 28.1 Å². The number of hydrogen-bond donors (Lipinski definition) is 1. The Balaban J connectivity index is 1.36. The molecule has 2 bridgehead atoms. The zero-order valence-corrected chi connectivity index (χ0v) is 14.5. The van der Waals surface area contributed by atoms with Crippen LogP contribution in [-0.2, 0) is 14.4 Å². The van der Waals surface area contributed by atoms with Crippen LogP contribution in [0.5, 0.6) is 0 Å². The predicted molar refractivity (Wildman–Crippen MR) is 91.8 cm³/mol. The normalized spacial score (nSPS) is 30.1. The topological polar surface area (TPSA) is 66.5 Å². The first-order valence-electron chi connectivity index (χ1n) is 8.13. The molecule has 24 heavy (non-hydrogen) atoms. The van der Waals surface area contributed by atoms with Crippen molar-refractivity contribution in [2.75, 3.05) is 11.9 Å². The van der Waals surface area contributed by atoms with Crippen LogP contribution in [0.4, 0.5) is 5.69 Å². The van der Waals surface area contributed by atoms with Crippen LogP contribution in [0.2, 0.25) is 0 Å². The Morgan fingerprint density at radius 2 is 1.67 bits per heavy atom. The zero-order chi connectivity index (χ0) is 16.8. The van der Waals surface area contributed by atoms with Crippen molar-refractivity contribution < 1.29 is 14.4 Å². The summed E-state index contributed by atoms with van der Waals surface area (Å²) in [5.41, 5.74) is 0.696. The Morgan fingerprint density at radius 3 is 2.25 bits per heavy atom. The van der Waals surface area contributed by atoms with E-state index in [2.05, 4.69) is 33.4 Å². The molecular formula is C18H17BrN2O3. The second kappa shape index (κ2) is 5.84. The molecule has 1 heterocycles. The summed E-state index contributed by atoms with van der Waals surface area (Å²) >= 11 is 3.34. The summed E-state index contributed by atoms with van der Waals surface area (Å²) in [4.78, 5) is 38.4. The zero-order valence-electron chi connectivity index (χ0n) is 12.9. The van der Waals surface area contributed by atoms with Crippen LogP contribution in [0.1, 0.15) is 12.8 Å². The van der Waals surface area contributed by atoms with Gasteiger partial charge < -0.3 is 5.32 Å². The van der Waals surface area contributed by atoms with E-state index in [-0.39, 0.29) is 54.4 Å². The summed E-state index contributed by atoms with van der Waals surface area (Å²) in [5.74, 6) is -0.368. The van der Waals surface area contributed by atoms with Crippen LogP contribution in [0.25, 0.3) is 0 Å². The smallest absolute Gasteiger partial charge is 0.233 e. The molecule has 4 atom stereocenters. The van der Waals surface area contributed by atoms with Crippen LogP contribution < -0.4 is 5.32 Å². The number of nitrogens with one attached hydrogen (secondary N) is 1. The third-order valence-electron chi connectivity index (χ3n) is 5.25. The molecule has 2 aliphatic carbocycles. The van der Waals surface area contributed by atoms with Crippen LogP contribution in [0, 0.1) is 23.7 Å². The molecule has 1 aromatic rings. The molecule has 1 aliphatic heterocycles. The SMILES string of the molecule is O=C(CCN1C(=O)[C@@H]2[C@@H](C1=O)[C@H]1C=C[C@H]2C1)Nc1ccc(Br)cc1. The largest absolute Gasteiger partial charge is 0.326 e. The number of halogens is 1. The van der Waals surface area contributed by atoms with Gasteiger partial charge in [-0.15, -0.1) is 0 Å². The van der Waals surface area contributed by atoms with Crippen molar-refractivity contribution in [3.8, 4) is 0 Å². The number of amides is 3. The van der Waals surface area contributed by atoms with E-state index < -0.39 is 0 Å². The maximum Gasteiger partial charge on any atom is 0.233 e. The molecule has 124 valence electrons. The number of likely N-dealkylation sites (tertiary alicyclic amines) is 1. The van der Waals surface area contributed by atoms with Crippen molar-refractivity contribution in [1.82, 2.24) is 4.90 Å². The van der Waals surface area contributed by atoms with E-state index in [0.717, 1.165) is 10.9 Å². The van der Waals surface area contributed by atoms with E-state index in [1.54, 1.807) is 12.1 Å². The third-order valence-corrected chi connectivity index (χ3v) is 5.78. The van der Waals surface area contributed by atoms with Crippen molar-refractivity contribution in [3.63, 3.8) is 0 Å². The van der Waals surface area contributed by atoms with Crippen LogP contribution in [-0.4, -0.2) is 29.2 Å². The van der Waals surface area contributed by atoms with Gasteiger partial charge in [0.15, 0.2) is 0 Å². The molecule has 0 unspecified atom stereocenters. The molecule has 1 saturated carbocycles. The van der Waals surface area contributed by atoms with E-state index in [1.807, 2.05) is 12.1 Å². The Labute approximate surface area is 148 Å². The van der Waals surface area contributed by atoms with Gasteiger partial charge in [-0.25, -0.2) is 0 Å². The number of anilines is 1. The highest BCUT2D eigenvalue weighted by Crippen LogP contribution is 2.52. The molecule has 1 aromatic carbocycles. The number of carbonyl (C=O) groups excluding carboxylic acids is 3. The second-order valence-electron chi connectivity index (χ2n) is 6.63. The van der Waals surface area contributed by atoms with Gasteiger partial charge in [0.25, 0.3) is 0 Å². The van der Waals surface area contributed by atoms with Gasteiger partial charge in [-0.05, 0) is 42.5 Å². The lowest BCUT2D eigenvalue weighted by Gasteiger charge is -2.16. The lowest BCUT2D eigenvalue weighted by molar-refractivity contribution is -0.140.